The molecule has 1 N–H and O–H groups in total. The summed E-state index contributed by atoms with van der Waals surface area (Å²) in [5.74, 6) is -1.92. The number of halogens is 3. The molecule has 1 aromatic carbocycles. The van der Waals surface area contributed by atoms with Crippen LogP contribution in [-0.2, 0) is 22.5 Å². The lowest BCUT2D eigenvalue weighted by Crippen LogP contribution is -2.15. The van der Waals surface area contributed by atoms with Crippen molar-refractivity contribution in [3.63, 3.8) is 0 Å². The number of nitrogens with zero attached hydrogens (tertiary/aromatic N) is 2. The van der Waals surface area contributed by atoms with Crippen LogP contribution in [0.4, 0.5) is 13.2 Å². The standard InChI is InChI=1S/C17H17F3N2O4/c1-2-25-15(17(18,19)20)11-26-14-5-3-12(4-6-14)9-22-10-13(8-21-22)7-16(23)24/h3-6,8,10-11H,2,7,9H2,1H3,(H,23,24)/b15-11-. The number of aliphatic carboxylic acids is 1. The normalized spacial score (nSPS) is 12.1. The van der Waals surface area contributed by atoms with Crippen molar-refractivity contribution in [3.05, 3.63) is 59.8 Å². The van der Waals surface area contributed by atoms with E-state index in [-0.39, 0.29) is 18.8 Å². The molecule has 0 spiro atoms. The van der Waals surface area contributed by atoms with Crippen LogP contribution in [0, 0.1) is 0 Å². The molecular weight excluding hydrogens is 353 g/mol. The third-order valence-corrected chi connectivity index (χ3v) is 3.19. The maximum absolute atomic E-state index is 12.7. The van der Waals surface area contributed by atoms with Gasteiger partial charge in [0.1, 0.15) is 12.0 Å². The fourth-order valence-electron chi connectivity index (χ4n) is 2.08. The summed E-state index contributed by atoms with van der Waals surface area (Å²) < 4.78 is 49.1. The van der Waals surface area contributed by atoms with Crippen LogP contribution in [0.1, 0.15) is 18.1 Å². The fourth-order valence-corrected chi connectivity index (χ4v) is 2.08. The lowest BCUT2D eigenvalue weighted by atomic mass is 10.2. The maximum atomic E-state index is 12.7. The SMILES string of the molecule is CCO/C(=C\Oc1ccc(Cn2cc(CC(=O)O)cn2)cc1)C(F)(F)F. The fraction of sp³-hybridized carbons (Fsp3) is 0.294. The van der Waals surface area contributed by atoms with Gasteiger partial charge in [0.25, 0.3) is 0 Å². The highest BCUT2D eigenvalue weighted by atomic mass is 19.4. The van der Waals surface area contributed by atoms with E-state index in [0.717, 1.165) is 5.56 Å². The molecule has 2 rings (SSSR count). The Bertz CT molecular complexity index is 767. The van der Waals surface area contributed by atoms with Crippen molar-refractivity contribution in [1.29, 1.82) is 0 Å². The third kappa shape index (κ3) is 5.83. The van der Waals surface area contributed by atoms with E-state index in [1.165, 1.54) is 25.3 Å². The number of aromatic nitrogens is 2. The third-order valence-electron chi connectivity index (χ3n) is 3.19. The molecule has 0 unspecified atom stereocenters. The molecule has 1 aromatic heterocycles. The second kappa shape index (κ2) is 8.41. The minimum atomic E-state index is -4.62. The van der Waals surface area contributed by atoms with Gasteiger partial charge in [-0.2, -0.15) is 18.3 Å². The van der Waals surface area contributed by atoms with Gasteiger partial charge in [0.15, 0.2) is 0 Å². The summed E-state index contributed by atoms with van der Waals surface area (Å²) >= 11 is 0. The minimum Gasteiger partial charge on any atom is -0.487 e. The molecule has 0 fully saturated rings. The van der Waals surface area contributed by atoms with Crippen LogP contribution in [0.15, 0.2) is 48.7 Å². The highest BCUT2D eigenvalue weighted by Crippen LogP contribution is 2.27. The number of carboxylic acid groups (broad SMARTS) is 1. The van der Waals surface area contributed by atoms with Gasteiger partial charge in [-0.3, -0.25) is 9.48 Å². The maximum Gasteiger partial charge on any atom is 0.452 e. The first-order valence-electron chi connectivity index (χ1n) is 7.67. The second-order valence-electron chi connectivity index (χ2n) is 5.29. The van der Waals surface area contributed by atoms with Crippen molar-refractivity contribution in [2.24, 2.45) is 0 Å². The molecule has 0 aliphatic heterocycles. The molecular formula is C17H17F3N2O4. The molecule has 6 nitrogen and oxygen atoms in total. The van der Waals surface area contributed by atoms with E-state index in [4.69, 9.17) is 9.84 Å². The van der Waals surface area contributed by atoms with Crippen LogP contribution in [-0.4, -0.2) is 33.6 Å². The van der Waals surface area contributed by atoms with Gasteiger partial charge in [0.2, 0.25) is 5.76 Å². The summed E-state index contributed by atoms with van der Waals surface area (Å²) in [4.78, 5) is 10.7. The van der Waals surface area contributed by atoms with Gasteiger partial charge in [-0.25, -0.2) is 0 Å². The van der Waals surface area contributed by atoms with Crippen LogP contribution < -0.4 is 4.74 Å². The molecule has 0 saturated carbocycles. The van der Waals surface area contributed by atoms with Gasteiger partial charge in [0, 0.05) is 11.8 Å². The van der Waals surface area contributed by atoms with Crippen molar-refractivity contribution in [3.8, 4) is 5.75 Å². The predicted molar refractivity (Wildman–Crippen MR) is 85.5 cm³/mol. The Morgan fingerprint density at radius 1 is 1.27 bits per heavy atom. The quantitative estimate of drug-likeness (QED) is 0.721. The Morgan fingerprint density at radius 3 is 2.54 bits per heavy atom. The van der Waals surface area contributed by atoms with E-state index < -0.39 is 17.9 Å². The zero-order valence-corrected chi connectivity index (χ0v) is 13.9. The molecule has 0 atom stereocenters. The first-order chi connectivity index (χ1) is 12.3. The van der Waals surface area contributed by atoms with Crippen molar-refractivity contribution in [2.75, 3.05) is 6.61 Å². The van der Waals surface area contributed by atoms with Gasteiger partial charge in [0.05, 0.1) is 25.8 Å². The van der Waals surface area contributed by atoms with Gasteiger partial charge < -0.3 is 14.6 Å². The molecule has 26 heavy (non-hydrogen) atoms. The second-order valence-corrected chi connectivity index (χ2v) is 5.29. The Hall–Kier alpha value is -2.97. The van der Waals surface area contributed by atoms with Crippen LogP contribution in [0.2, 0.25) is 0 Å². The highest BCUT2D eigenvalue weighted by Gasteiger charge is 2.36. The van der Waals surface area contributed by atoms with E-state index >= 15 is 0 Å². The number of hydrogen-bond donors (Lipinski definition) is 1. The van der Waals surface area contributed by atoms with E-state index in [2.05, 4.69) is 9.84 Å². The van der Waals surface area contributed by atoms with Crippen molar-refractivity contribution >= 4 is 5.97 Å². The lowest BCUT2D eigenvalue weighted by Gasteiger charge is -2.12. The zero-order valence-electron chi connectivity index (χ0n) is 13.9. The minimum absolute atomic E-state index is 0.111. The van der Waals surface area contributed by atoms with E-state index in [1.54, 1.807) is 23.0 Å². The average Bonchev–Trinajstić information content (AvgIpc) is 2.98. The number of carbonyl (C=O) groups is 1. The van der Waals surface area contributed by atoms with Crippen molar-refractivity contribution in [1.82, 2.24) is 9.78 Å². The molecule has 0 aliphatic rings. The molecule has 0 bridgehead atoms. The summed E-state index contributed by atoms with van der Waals surface area (Å²) in [5.41, 5.74) is 1.41. The van der Waals surface area contributed by atoms with Crippen LogP contribution in [0.25, 0.3) is 0 Å². The first kappa shape index (κ1) is 19.4. The van der Waals surface area contributed by atoms with Crippen LogP contribution in [0.5, 0.6) is 5.75 Å². The highest BCUT2D eigenvalue weighted by molar-refractivity contribution is 5.69. The largest absolute Gasteiger partial charge is 0.487 e. The monoisotopic (exact) mass is 370 g/mol. The molecule has 2 aromatic rings. The Kier molecular flexibility index (Phi) is 6.26. The van der Waals surface area contributed by atoms with E-state index in [1.807, 2.05) is 0 Å². The summed E-state index contributed by atoms with van der Waals surface area (Å²) in [6.45, 7) is 1.72. The number of benzene rings is 1. The van der Waals surface area contributed by atoms with E-state index in [0.29, 0.717) is 18.4 Å². The molecule has 0 aliphatic carbocycles. The van der Waals surface area contributed by atoms with Gasteiger partial charge in [-0.1, -0.05) is 12.1 Å². The van der Waals surface area contributed by atoms with Crippen molar-refractivity contribution in [2.45, 2.75) is 26.1 Å². The topological polar surface area (TPSA) is 73.6 Å². The molecule has 0 radical (unpaired) electrons. The number of carboxylic acids is 1. The summed E-state index contributed by atoms with van der Waals surface area (Å²) in [6, 6.07) is 6.40. The summed E-state index contributed by atoms with van der Waals surface area (Å²) in [7, 11) is 0. The molecule has 0 saturated heterocycles. The van der Waals surface area contributed by atoms with E-state index in [9.17, 15) is 18.0 Å². The summed E-state index contributed by atoms with van der Waals surface area (Å²) in [5, 5.41) is 12.8. The lowest BCUT2D eigenvalue weighted by molar-refractivity contribution is -0.136. The number of rotatable bonds is 8. The number of alkyl halides is 3. The van der Waals surface area contributed by atoms with Crippen molar-refractivity contribution < 1.29 is 32.5 Å². The average molecular weight is 370 g/mol. The smallest absolute Gasteiger partial charge is 0.452 e. The van der Waals surface area contributed by atoms with Gasteiger partial charge in [-0.05, 0) is 24.6 Å². The Labute approximate surface area is 147 Å². The zero-order chi connectivity index (χ0) is 19.2. The van der Waals surface area contributed by atoms with Crippen LogP contribution >= 0.6 is 0 Å². The Morgan fingerprint density at radius 2 is 1.96 bits per heavy atom. The molecule has 9 heteroatoms. The van der Waals surface area contributed by atoms with Gasteiger partial charge in [-0.15, -0.1) is 0 Å². The predicted octanol–water partition coefficient (Wildman–Crippen LogP) is 3.38. The van der Waals surface area contributed by atoms with Gasteiger partial charge >= 0.3 is 12.1 Å². The molecule has 0 amide bonds. The number of allylic oxidation sites excluding steroid dienone is 1. The Balaban J connectivity index is 1.99. The number of hydrogen-bond acceptors (Lipinski definition) is 4. The molecule has 1 heterocycles. The summed E-state index contributed by atoms with van der Waals surface area (Å²) in [6.07, 6.45) is -1.10. The number of ether oxygens (including phenoxy) is 2. The first-order valence-corrected chi connectivity index (χ1v) is 7.67. The molecule has 140 valence electrons. The van der Waals surface area contributed by atoms with Crippen LogP contribution in [0.3, 0.4) is 0 Å².